The second-order valence-electron chi connectivity index (χ2n) is 2.86. The topological polar surface area (TPSA) is 103 Å². The predicted molar refractivity (Wildman–Crippen MR) is 54.2 cm³/mol. The van der Waals surface area contributed by atoms with E-state index in [0.717, 1.165) is 0 Å². The molecule has 0 spiro atoms. The van der Waals surface area contributed by atoms with Crippen LogP contribution >= 0.6 is 0 Å². The lowest BCUT2D eigenvalue weighted by atomic mass is 10.3. The van der Waals surface area contributed by atoms with Crippen LogP contribution in [0.25, 0.3) is 11.0 Å². The second kappa shape index (κ2) is 3.44. The number of hydrogen-bond acceptors (Lipinski definition) is 3. The maximum atomic E-state index is 11.0. The molecule has 1 unspecified atom stereocenters. The van der Waals surface area contributed by atoms with Crippen LogP contribution in [0.2, 0.25) is 0 Å². The molecular weight excluding hydrogens is 220 g/mol. The van der Waals surface area contributed by atoms with Crippen molar-refractivity contribution < 1.29 is 8.76 Å². The minimum atomic E-state index is -2.11. The van der Waals surface area contributed by atoms with E-state index in [-0.39, 0.29) is 4.90 Å². The quantitative estimate of drug-likeness (QED) is 0.462. The van der Waals surface area contributed by atoms with E-state index in [1.54, 1.807) is 0 Å². The van der Waals surface area contributed by atoms with Gasteiger partial charge in [-0.25, -0.2) is 4.21 Å². The van der Waals surface area contributed by atoms with Gasteiger partial charge in [-0.3, -0.25) is 9.59 Å². The molecule has 0 radical (unpaired) electrons. The van der Waals surface area contributed by atoms with Gasteiger partial charge in [0.2, 0.25) is 0 Å². The molecule has 1 aromatic heterocycles. The van der Waals surface area contributed by atoms with Gasteiger partial charge in [0.05, 0.1) is 15.9 Å². The molecule has 78 valence electrons. The number of aromatic nitrogens is 2. The molecule has 6 nitrogen and oxygen atoms in total. The van der Waals surface area contributed by atoms with E-state index in [1.807, 2.05) is 0 Å². The maximum absolute atomic E-state index is 11.0. The first-order chi connectivity index (χ1) is 7.08. The summed E-state index contributed by atoms with van der Waals surface area (Å²) in [6, 6.07) is 4.19. The summed E-state index contributed by atoms with van der Waals surface area (Å²) in [6.45, 7) is 0. The Labute approximate surface area is 85.3 Å². The normalized spacial score (nSPS) is 12.9. The van der Waals surface area contributed by atoms with E-state index in [2.05, 4.69) is 9.97 Å². The van der Waals surface area contributed by atoms with Gasteiger partial charge in [-0.05, 0) is 18.2 Å². The van der Waals surface area contributed by atoms with E-state index >= 15 is 0 Å². The van der Waals surface area contributed by atoms with Crippen LogP contribution < -0.4 is 11.1 Å². The highest BCUT2D eigenvalue weighted by atomic mass is 32.2. The zero-order valence-corrected chi connectivity index (χ0v) is 8.13. The van der Waals surface area contributed by atoms with Crippen LogP contribution in [0.1, 0.15) is 0 Å². The zero-order chi connectivity index (χ0) is 11.0. The van der Waals surface area contributed by atoms with Crippen LogP contribution in [0.5, 0.6) is 0 Å². The van der Waals surface area contributed by atoms with Gasteiger partial charge in [-0.2, -0.15) is 0 Å². The van der Waals surface area contributed by atoms with E-state index < -0.39 is 22.2 Å². The molecule has 0 aliphatic rings. The van der Waals surface area contributed by atoms with Gasteiger partial charge in [0.25, 0.3) is 0 Å². The molecule has 0 saturated carbocycles. The number of benzene rings is 1. The van der Waals surface area contributed by atoms with Crippen molar-refractivity contribution in [1.29, 1.82) is 0 Å². The first-order valence-corrected chi connectivity index (χ1v) is 5.06. The molecule has 15 heavy (non-hydrogen) atoms. The Hall–Kier alpha value is -1.73. The molecule has 0 aliphatic heterocycles. The number of hydrogen-bond donors (Lipinski definition) is 3. The summed E-state index contributed by atoms with van der Waals surface area (Å²) in [5.41, 5.74) is -0.808. The van der Waals surface area contributed by atoms with Gasteiger partial charge in [0.1, 0.15) is 0 Å². The minimum absolute atomic E-state index is 0.158. The molecule has 2 aromatic rings. The van der Waals surface area contributed by atoms with Gasteiger partial charge in [-0.15, -0.1) is 0 Å². The van der Waals surface area contributed by atoms with Crippen molar-refractivity contribution in [2.45, 2.75) is 4.90 Å². The summed E-state index contributed by atoms with van der Waals surface area (Å²) < 4.78 is 19.6. The van der Waals surface area contributed by atoms with Crippen molar-refractivity contribution in [2.24, 2.45) is 0 Å². The van der Waals surface area contributed by atoms with E-state index in [1.165, 1.54) is 18.2 Å². The number of H-pyrrole nitrogens is 2. The molecule has 3 N–H and O–H groups in total. The molecular formula is C8H6N2O4S. The fourth-order valence-electron chi connectivity index (χ4n) is 1.20. The summed E-state index contributed by atoms with van der Waals surface area (Å²) in [7, 11) is 0. The first-order valence-electron chi connectivity index (χ1n) is 3.95. The Bertz CT molecular complexity index is 657. The smallest absolute Gasteiger partial charge is 0.314 e. The second-order valence-corrected chi connectivity index (χ2v) is 3.83. The zero-order valence-electron chi connectivity index (χ0n) is 7.31. The van der Waals surface area contributed by atoms with Gasteiger partial charge >= 0.3 is 11.1 Å². The molecule has 7 heteroatoms. The van der Waals surface area contributed by atoms with Crippen LogP contribution in [-0.4, -0.2) is 18.7 Å². The molecule has 1 aromatic carbocycles. The summed E-state index contributed by atoms with van der Waals surface area (Å²) >= 11 is -2.11. The third-order valence-corrected chi connectivity index (χ3v) is 2.55. The molecule has 2 rings (SSSR count). The van der Waals surface area contributed by atoms with Gasteiger partial charge in [0.15, 0.2) is 11.1 Å². The Kier molecular flexibility index (Phi) is 2.25. The molecule has 0 bridgehead atoms. The maximum Gasteiger partial charge on any atom is 0.314 e. The fourth-order valence-corrected chi connectivity index (χ4v) is 1.61. The molecule has 0 amide bonds. The van der Waals surface area contributed by atoms with Crippen LogP contribution in [-0.2, 0) is 11.1 Å². The fraction of sp³-hybridized carbons (Fsp3) is 0. The number of aromatic amines is 2. The third-order valence-electron chi connectivity index (χ3n) is 1.90. The minimum Gasteiger partial charge on any atom is -0.316 e. The van der Waals surface area contributed by atoms with Crippen molar-refractivity contribution in [3.63, 3.8) is 0 Å². The van der Waals surface area contributed by atoms with Gasteiger partial charge in [0, 0.05) is 0 Å². The van der Waals surface area contributed by atoms with E-state index in [0.29, 0.717) is 11.0 Å². The van der Waals surface area contributed by atoms with Gasteiger partial charge < -0.3 is 14.5 Å². The standard InChI is InChI=1S/C8H6N2O4S/c11-7-8(12)10-6-3-4(15(13)14)1-2-5(6)9-7/h1-3H,(H,9,11)(H,10,12)(H,13,14). The summed E-state index contributed by atoms with van der Waals surface area (Å²) in [4.78, 5) is 26.7. The van der Waals surface area contributed by atoms with Crippen molar-refractivity contribution in [2.75, 3.05) is 0 Å². The van der Waals surface area contributed by atoms with Crippen LogP contribution in [0.15, 0.2) is 32.7 Å². The van der Waals surface area contributed by atoms with Crippen LogP contribution in [0.4, 0.5) is 0 Å². The number of fused-ring (bicyclic) bond motifs is 1. The van der Waals surface area contributed by atoms with Crippen molar-refractivity contribution >= 4 is 22.1 Å². The summed E-state index contributed by atoms with van der Waals surface area (Å²) in [5.74, 6) is 0. The first kappa shape index (κ1) is 9.81. The molecule has 1 atom stereocenters. The number of nitrogens with one attached hydrogen (secondary N) is 2. The molecule has 0 fully saturated rings. The lowest BCUT2D eigenvalue weighted by Crippen LogP contribution is -2.28. The van der Waals surface area contributed by atoms with Crippen molar-refractivity contribution in [1.82, 2.24) is 9.97 Å². The summed E-state index contributed by atoms with van der Waals surface area (Å²) in [5, 5.41) is 0. The van der Waals surface area contributed by atoms with E-state index in [9.17, 15) is 13.8 Å². The Balaban J connectivity index is 2.83. The average molecular weight is 226 g/mol. The van der Waals surface area contributed by atoms with Crippen LogP contribution in [0.3, 0.4) is 0 Å². The average Bonchev–Trinajstić information content (AvgIpc) is 2.19. The van der Waals surface area contributed by atoms with Gasteiger partial charge in [-0.1, -0.05) is 0 Å². The lowest BCUT2D eigenvalue weighted by molar-refractivity contribution is 0.564. The number of rotatable bonds is 1. The lowest BCUT2D eigenvalue weighted by Gasteiger charge is -1.98. The molecule has 0 aliphatic carbocycles. The highest BCUT2D eigenvalue weighted by molar-refractivity contribution is 7.79. The Morgan fingerprint density at radius 3 is 2.27 bits per heavy atom. The molecule has 1 heterocycles. The molecule has 0 saturated heterocycles. The van der Waals surface area contributed by atoms with Crippen molar-refractivity contribution in [3.05, 3.63) is 38.9 Å². The Morgan fingerprint density at radius 2 is 1.67 bits per heavy atom. The highest BCUT2D eigenvalue weighted by Crippen LogP contribution is 2.11. The van der Waals surface area contributed by atoms with Crippen LogP contribution in [0, 0.1) is 0 Å². The van der Waals surface area contributed by atoms with Crippen molar-refractivity contribution in [3.8, 4) is 0 Å². The SMILES string of the molecule is O=c1[nH]c2ccc(S(=O)O)cc2[nH]c1=O. The largest absolute Gasteiger partial charge is 0.316 e. The highest BCUT2D eigenvalue weighted by Gasteiger charge is 2.03. The third kappa shape index (κ3) is 1.74. The Morgan fingerprint density at radius 1 is 1.07 bits per heavy atom. The van der Waals surface area contributed by atoms with E-state index in [4.69, 9.17) is 4.55 Å². The predicted octanol–water partition coefficient (Wildman–Crippen LogP) is -0.203. The monoisotopic (exact) mass is 226 g/mol. The summed E-state index contributed by atoms with van der Waals surface area (Å²) in [6.07, 6.45) is 0.